The highest BCUT2D eigenvalue weighted by molar-refractivity contribution is 5.35. The topological polar surface area (TPSA) is 12.0 Å². The van der Waals surface area contributed by atoms with E-state index in [9.17, 15) is 17.6 Å². The first kappa shape index (κ1) is 16.0. The van der Waals surface area contributed by atoms with Gasteiger partial charge in [0.2, 0.25) is 0 Å². The number of allylic oxidation sites excluding steroid dienone is 1. The Bertz CT molecular complexity index is 519. The molecule has 1 aromatic rings. The molecule has 0 aromatic heterocycles. The van der Waals surface area contributed by atoms with E-state index < -0.39 is 17.6 Å². The molecule has 1 aromatic carbocycles. The van der Waals surface area contributed by atoms with Crippen LogP contribution in [0.1, 0.15) is 49.8 Å². The molecule has 0 saturated carbocycles. The maximum Gasteiger partial charge on any atom is 0.419 e. The molecule has 1 N–H and O–H groups in total. The predicted octanol–water partition coefficient (Wildman–Crippen LogP) is 5.00. The second kappa shape index (κ2) is 6.60. The maximum absolute atomic E-state index is 13.4. The lowest BCUT2D eigenvalue weighted by molar-refractivity contribution is -0.140. The average molecular weight is 301 g/mol. The highest BCUT2D eigenvalue weighted by Crippen LogP contribution is 2.36. The third-order valence-corrected chi connectivity index (χ3v) is 3.67. The van der Waals surface area contributed by atoms with Gasteiger partial charge in [-0.1, -0.05) is 24.6 Å². The SMILES string of the molecule is CCCNC(C1=CCCC1)c1ccc(F)c(C(F)(F)F)c1. The van der Waals surface area contributed by atoms with Gasteiger partial charge >= 0.3 is 6.18 Å². The van der Waals surface area contributed by atoms with Crippen LogP contribution in [0.4, 0.5) is 17.6 Å². The Morgan fingerprint density at radius 1 is 1.29 bits per heavy atom. The van der Waals surface area contributed by atoms with E-state index in [2.05, 4.69) is 11.4 Å². The number of nitrogens with one attached hydrogen (secondary N) is 1. The van der Waals surface area contributed by atoms with Crippen molar-refractivity contribution < 1.29 is 17.6 Å². The van der Waals surface area contributed by atoms with Crippen molar-refractivity contribution in [3.63, 3.8) is 0 Å². The lowest BCUT2D eigenvalue weighted by Gasteiger charge is -2.22. The molecule has 5 heteroatoms. The van der Waals surface area contributed by atoms with Gasteiger partial charge in [0.25, 0.3) is 0 Å². The second-order valence-corrected chi connectivity index (χ2v) is 5.30. The van der Waals surface area contributed by atoms with E-state index in [1.54, 1.807) is 0 Å². The highest BCUT2D eigenvalue weighted by Gasteiger charge is 2.35. The number of benzene rings is 1. The van der Waals surface area contributed by atoms with Gasteiger partial charge in [-0.3, -0.25) is 0 Å². The Morgan fingerprint density at radius 3 is 2.62 bits per heavy atom. The smallest absolute Gasteiger partial charge is 0.307 e. The minimum atomic E-state index is -4.67. The zero-order chi connectivity index (χ0) is 15.5. The molecule has 0 bridgehead atoms. The quantitative estimate of drug-likeness (QED) is 0.596. The Hall–Kier alpha value is -1.36. The van der Waals surface area contributed by atoms with Crippen molar-refractivity contribution in [1.82, 2.24) is 5.32 Å². The standard InChI is InChI=1S/C16H19F4N/c1-2-9-21-15(11-5-3-4-6-11)12-7-8-14(17)13(10-12)16(18,19)20/h5,7-8,10,15,21H,2-4,6,9H2,1H3. The van der Waals surface area contributed by atoms with Gasteiger partial charge in [-0.2, -0.15) is 13.2 Å². The van der Waals surface area contributed by atoms with Crippen LogP contribution < -0.4 is 5.32 Å². The molecular weight excluding hydrogens is 282 g/mol. The monoisotopic (exact) mass is 301 g/mol. The first-order valence-corrected chi connectivity index (χ1v) is 7.22. The van der Waals surface area contributed by atoms with Gasteiger partial charge in [-0.25, -0.2) is 4.39 Å². The van der Waals surface area contributed by atoms with Crippen LogP contribution >= 0.6 is 0 Å². The molecule has 1 nitrogen and oxygen atoms in total. The molecule has 0 aliphatic heterocycles. The fraction of sp³-hybridized carbons (Fsp3) is 0.500. The van der Waals surface area contributed by atoms with E-state index in [-0.39, 0.29) is 6.04 Å². The van der Waals surface area contributed by atoms with Gasteiger partial charge in [0.1, 0.15) is 5.82 Å². The number of hydrogen-bond donors (Lipinski definition) is 1. The summed E-state index contributed by atoms with van der Waals surface area (Å²) in [6.45, 7) is 2.71. The van der Waals surface area contributed by atoms with Gasteiger partial charge in [0, 0.05) is 0 Å². The van der Waals surface area contributed by atoms with E-state index in [1.807, 2.05) is 6.92 Å². The molecule has 0 saturated heterocycles. The molecule has 2 rings (SSSR count). The van der Waals surface area contributed by atoms with E-state index in [4.69, 9.17) is 0 Å². The van der Waals surface area contributed by atoms with Crippen LogP contribution in [-0.4, -0.2) is 6.54 Å². The average Bonchev–Trinajstić information content (AvgIpc) is 2.93. The minimum Gasteiger partial charge on any atom is -0.307 e. The van der Waals surface area contributed by atoms with Crippen molar-refractivity contribution in [2.24, 2.45) is 0 Å². The van der Waals surface area contributed by atoms with E-state index in [0.29, 0.717) is 12.1 Å². The Morgan fingerprint density at radius 2 is 2.05 bits per heavy atom. The Balaban J connectivity index is 2.35. The third kappa shape index (κ3) is 3.84. The summed E-state index contributed by atoms with van der Waals surface area (Å²) < 4.78 is 51.9. The van der Waals surface area contributed by atoms with Crippen LogP contribution in [0.5, 0.6) is 0 Å². The molecular formula is C16H19F4N. The summed E-state index contributed by atoms with van der Waals surface area (Å²) in [7, 11) is 0. The van der Waals surface area contributed by atoms with Crippen LogP contribution in [0.25, 0.3) is 0 Å². The third-order valence-electron chi connectivity index (χ3n) is 3.67. The molecule has 1 atom stereocenters. The summed E-state index contributed by atoms with van der Waals surface area (Å²) in [5.41, 5.74) is 0.385. The van der Waals surface area contributed by atoms with Crippen molar-refractivity contribution in [2.45, 2.75) is 44.8 Å². The van der Waals surface area contributed by atoms with Crippen molar-refractivity contribution in [3.05, 3.63) is 46.8 Å². The Kier molecular flexibility index (Phi) is 5.04. The number of alkyl halides is 3. The number of rotatable bonds is 5. The lowest BCUT2D eigenvalue weighted by Crippen LogP contribution is -2.24. The van der Waals surface area contributed by atoms with Crippen molar-refractivity contribution in [1.29, 1.82) is 0 Å². The molecule has 0 fully saturated rings. The fourth-order valence-electron chi connectivity index (χ4n) is 2.65. The first-order chi connectivity index (χ1) is 9.93. The molecule has 0 spiro atoms. The van der Waals surface area contributed by atoms with Gasteiger partial charge < -0.3 is 5.32 Å². The largest absolute Gasteiger partial charge is 0.419 e. The van der Waals surface area contributed by atoms with Crippen LogP contribution in [0.15, 0.2) is 29.8 Å². The van der Waals surface area contributed by atoms with Crippen LogP contribution in [-0.2, 0) is 6.18 Å². The minimum absolute atomic E-state index is 0.255. The summed E-state index contributed by atoms with van der Waals surface area (Å²) in [6.07, 6.45) is 1.14. The zero-order valence-corrected chi connectivity index (χ0v) is 11.9. The summed E-state index contributed by atoms with van der Waals surface area (Å²) in [4.78, 5) is 0. The molecule has 21 heavy (non-hydrogen) atoms. The molecule has 116 valence electrons. The zero-order valence-electron chi connectivity index (χ0n) is 11.9. The number of hydrogen-bond acceptors (Lipinski definition) is 1. The molecule has 0 radical (unpaired) electrons. The van der Waals surface area contributed by atoms with E-state index in [0.717, 1.165) is 43.4 Å². The molecule has 1 aliphatic rings. The van der Waals surface area contributed by atoms with Gasteiger partial charge in [-0.05, 0) is 49.9 Å². The first-order valence-electron chi connectivity index (χ1n) is 7.22. The van der Waals surface area contributed by atoms with Gasteiger partial charge in [-0.15, -0.1) is 0 Å². The molecule has 1 unspecified atom stereocenters. The second-order valence-electron chi connectivity index (χ2n) is 5.30. The van der Waals surface area contributed by atoms with Crippen LogP contribution in [0.2, 0.25) is 0 Å². The summed E-state index contributed by atoms with van der Waals surface area (Å²) in [6, 6.07) is 3.03. The van der Waals surface area contributed by atoms with Crippen molar-refractivity contribution in [3.8, 4) is 0 Å². The molecule has 0 heterocycles. The van der Waals surface area contributed by atoms with E-state index >= 15 is 0 Å². The summed E-state index contributed by atoms with van der Waals surface area (Å²) in [5, 5.41) is 3.27. The van der Waals surface area contributed by atoms with Crippen molar-refractivity contribution >= 4 is 0 Å². The van der Waals surface area contributed by atoms with E-state index in [1.165, 1.54) is 6.07 Å². The summed E-state index contributed by atoms with van der Waals surface area (Å²) >= 11 is 0. The maximum atomic E-state index is 13.4. The molecule has 0 amide bonds. The fourth-order valence-corrected chi connectivity index (χ4v) is 2.65. The van der Waals surface area contributed by atoms with Gasteiger partial charge in [0.15, 0.2) is 0 Å². The van der Waals surface area contributed by atoms with Gasteiger partial charge in [0.05, 0.1) is 11.6 Å². The summed E-state index contributed by atoms with van der Waals surface area (Å²) in [5.74, 6) is -1.22. The highest BCUT2D eigenvalue weighted by atomic mass is 19.4. The number of halogens is 4. The van der Waals surface area contributed by atoms with Crippen LogP contribution in [0, 0.1) is 5.82 Å². The predicted molar refractivity (Wildman–Crippen MR) is 74.4 cm³/mol. The molecule has 1 aliphatic carbocycles. The normalized spacial score (nSPS) is 16.9. The Labute approximate surface area is 122 Å². The lowest BCUT2D eigenvalue weighted by atomic mass is 9.96. The van der Waals surface area contributed by atoms with Crippen molar-refractivity contribution in [2.75, 3.05) is 6.54 Å². The van der Waals surface area contributed by atoms with Crippen LogP contribution in [0.3, 0.4) is 0 Å².